The van der Waals surface area contributed by atoms with Crippen molar-refractivity contribution in [3.05, 3.63) is 47.2 Å². The SMILES string of the molecule is CCOc1cc(C=O)ccc1OCC(=O)Nc1cccnc1Cl. The summed E-state index contributed by atoms with van der Waals surface area (Å²) in [6.45, 7) is 2.00. The second kappa shape index (κ2) is 8.14. The summed E-state index contributed by atoms with van der Waals surface area (Å²) >= 11 is 5.87. The second-order valence-electron chi connectivity index (χ2n) is 4.44. The van der Waals surface area contributed by atoms with Gasteiger partial charge in [-0.15, -0.1) is 0 Å². The van der Waals surface area contributed by atoms with Crippen LogP contribution in [0.2, 0.25) is 5.15 Å². The Morgan fingerprint density at radius 1 is 1.30 bits per heavy atom. The lowest BCUT2D eigenvalue weighted by atomic mass is 10.2. The van der Waals surface area contributed by atoms with E-state index in [4.69, 9.17) is 21.1 Å². The molecule has 2 aromatic rings. The standard InChI is InChI=1S/C16H15ClN2O4/c1-2-22-14-8-11(9-20)5-6-13(14)23-10-15(21)19-12-4-3-7-18-16(12)17/h3-9H,2,10H2,1H3,(H,19,21). The van der Waals surface area contributed by atoms with Gasteiger partial charge in [0.05, 0.1) is 12.3 Å². The summed E-state index contributed by atoms with van der Waals surface area (Å²) in [6.07, 6.45) is 2.24. The van der Waals surface area contributed by atoms with Gasteiger partial charge in [0.25, 0.3) is 5.91 Å². The van der Waals surface area contributed by atoms with Crippen molar-refractivity contribution >= 4 is 29.5 Å². The molecule has 1 heterocycles. The molecule has 0 aliphatic rings. The number of halogens is 1. The van der Waals surface area contributed by atoms with Gasteiger partial charge < -0.3 is 14.8 Å². The highest BCUT2D eigenvalue weighted by molar-refractivity contribution is 6.32. The molecular formula is C16H15ClN2O4. The molecule has 7 heteroatoms. The Labute approximate surface area is 138 Å². The van der Waals surface area contributed by atoms with E-state index in [1.165, 1.54) is 6.20 Å². The Hall–Kier alpha value is -2.60. The maximum absolute atomic E-state index is 11.9. The Bertz CT molecular complexity index is 706. The van der Waals surface area contributed by atoms with Crippen LogP contribution in [0.15, 0.2) is 36.5 Å². The molecular weight excluding hydrogens is 320 g/mol. The van der Waals surface area contributed by atoms with Gasteiger partial charge in [0.1, 0.15) is 6.29 Å². The van der Waals surface area contributed by atoms with E-state index in [1.807, 2.05) is 6.92 Å². The van der Waals surface area contributed by atoms with Crippen LogP contribution in [-0.4, -0.2) is 30.4 Å². The molecule has 0 atom stereocenters. The van der Waals surface area contributed by atoms with Crippen molar-refractivity contribution in [3.63, 3.8) is 0 Å². The van der Waals surface area contributed by atoms with E-state index in [0.717, 1.165) is 0 Å². The van der Waals surface area contributed by atoms with Gasteiger partial charge in [0.15, 0.2) is 23.3 Å². The first-order chi connectivity index (χ1) is 11.1. The highest BCUT2D eigenvalue weighted by Crippen LogP contribution is 2.28. The topological polar surface area (TPSA) is 77.5 Å². The van der Waals surface area contributed by atoms with E-state index < -0.39 is 0 Å². The molecule has 0 aliphatic heterocycles. The molecule has 1 aromatic carbocycles. The fourth-order valence-corrected chi connectivity index (χ4v) is 1.96. The van der Waals surface area contributed by atoms with Crippen LogP contribution in [0, 0.1) is 0 Å². The summed E-state index contributed by atoms with van der Waals surface area (Å²) in [5.74, 6) is 0.399. The van der Waals surface area contributed by atoms with Gasteiger partial charge in [-0.3, -0.25) is 9.59 Å². The molecule has 120 valence electrons. The molecule has 0 bridgehead atoms. The van der Waals surface area contributed by atoms with Gasteiger partial charge in [-0.2, -0.15) is 0 Å². The minimum absolute atomic E-state index is 0.200. The first kappa shape index (κ1) is 16.8. The molecule has 2 rings (SSSR count). The van der Waals surface area contributed by atoms with Crippen molar-refractivity contribution < 1.29 is 19.1 Å². The molecule has 1 amide bonds. The normalized spacial score (nSPS) is 10.0. The maximum Gasteiger partial charge on any atom is 0.262 e. The molecule has 0 radical (unpaired) electrons. The number of carbonyl (C=O) groups is 2. The Morgan fingerprint density at radius 3 is 2.83 bits per heavy atom. The molecule has 0 saturated heterocycles. The fourth-order valence-electron chi connectivity index (χ4n) is 1.79. The van der Waals surface area contributed by atoms with Gasteiger partial charge in [-0.25, -0.2) is 4.98 Å². The Morgan fingerprint density at radius 2 is 2.13 bits per heavy atom. The number of hydrogen-bond donors (Lipinski definition) is 1. The number of rotatable bonds is 7. The lowest BCUT2D eigenvalue weighted by Crippen LogP contribution is -2.20. The number of amides is 1. The number of aromatic nitrogens is 1. The van der Waals surface area contributed by atoms with Crippen molar-refractivity contribution in [1.82, 2.24) is 4.98 Å². The van der Waals surface area contributed by atoms with Crippen molar-refractivity contribution in [3.8, 4) is 11.5 Å². The molecule has 0 fully saturated rings. The average Bonchev–Trinajstić information content (AvgIpc) is 2.56. The van der Waals surface area contributed by atoms with Gasteiger partial charge in [0, 0.05) is 11.8 Å². The zero-order valence-electron chi connectivity index (χ0n) is 12.4. The maximum atomic E-state index is 11.9. The predicted octanol–water partition coefficient (Wildman–Crippen LogP) is 2.96. The van der Waals surface area contributed by atoms with Crippen molar-refractivity contribution in [1.29, 1.82) is 0 Å². The zero-order valence-corrected chi connectivity index (χ0v) is 13.2. The first-order valence-electron chi connectivity index (χ1n) is 6.89. The van der Waals surface area contributed by atoms with Crippen LogP contribution in [0.5, 0.6) is 11.5 Å². The van der Waals surface area contributed by atoms with Gasteiger partial charge in [-0.1, -0.05) is 11.6 Å². The molecule has 1 aromatic heterocycles. The van der Waals surface area contributed by atoms with Crippen LogP contribution in [0.1, 0.15) is 17.3 Å². The zero-order chi connectivity index (χ0) is 16.7. The van der Waals surface area contributed by atoms with Crippen molar-refractivity contribution in [2.24, 2.45) is 0 Å². The van der Waals surface area contributed by atoms with Gasteiger partial charge >= 0.3 is 0 Å². The minimum Gasteiger partial charge on any atom is -0.490 e. The Kier molecular flexibility index (Phi) is 5.94. The molecule has 0 aliphatic carbocycles. The Balaban J connectivity index is 2.01. The largest absolute Gasteiger partial charge is 0.490 e. The summed E-state index contributed by atoms with van der Waals surface area (Å²) < 4.78 is 10.8. The molecule has 0 unspecified atom stereocenters. The predicted molar refractivity (Wildman–Crippen MR) is 86.4 cm³/mol. The molecule has 6 nitrogen and oxygen atoms in total. The summed E-state index contributed by atoms with van der Waals surface area (Å²) in [5, 5.41) is 2.80. The number of ether oxygens (including phenoxy) is 2. The van der Waals surface area contributed by atoms with Gasteiger partial charge in [0.2, 0.25) is 0 Å². The van der Waals surface area contributed by atoms with Crippen molar-refractivity contribution in [2.75, 3.05) is 18.5 Å². The van der Waals surface area contributed by atoms with Crippen molar-refractivity contribution in [2.45, 2.75) is 6.92 Å². The summed E-state index contributed by atoms with van der Waals surface area (Å²) in [6, 6.07) is 8.02. The molecule has 0 spiro atoms. The summed E-state index contributed by atoms with van der Waals surface area (Å²) in [5.41, 5.74) is 0.872. The number of benzene rings is 1. The molecule has 23 heavy (non-hydrogen) atoms. The molecule has 1 N–H and O–H groups in total. The number of carbonyl (C=O) groups excluding carboxylic acids is 2. The number of anilines is 1. The van der Waals surface area contributed by atoms with E-state index >= 15 is 0 Å². The summed E-state index contributed by atoms with van der Waals surface area (Å²) in [7, 11) is 0. The minimum atomic E-state index is -0.387. The third-order valence-corrected chi connectivity index (χ3v) is 3.10. The number of aldehydes is 1. The lowest BCUT2D eigenvalue weighted by Gasteiger charge is -2.12. The second-order valence-corrected chi connectivity index (χ2v) is 4.79. The quantitative estimate of drug-likeness (QED) is 0.622. The fraction of sp³-hybridized carbons (Fsp3) is 0.188. The van der Waals surface area contributed by atoms with Crippen LogP contribution < -0.4 is 14.8 Å². The van der Waals surface area contributed by atoms with Crippen LogP contribution in [0.25, 0.3) is 0 Å². The lowest BCUT2D eigenvalue weighted by molar-refractivity contribution is -0.118. The highest BCUT2D eigenvalue weighted by Gasteiger charge is 2.10. The average molecular weight is 335 g/mol. The molecule has 0 saturated carbocycles. The number of pyridine rings is 1. The third-order valence-electron chi connectivity index (χ3n) is 2.80. The van der Waals surface area contributed by atoms with Crippen LogP contribution in [0.3, 0.4) is 0 Å². The van der Waals surface area contributed by atoms with Crippen LogP contribution >= 0.6 is 11.6 Å². The van der Waals surface area contributed by atoms with E-state index in [2.05, 4.69) is 10.3 Å². The number of nitrogens with one attached hydrogen (secondary N) is 1. The smallest absolute Gasteiger partial charge is 0.262 e. The first-order valence-corrected chi connectivity index (χ1v) is 7.27. The monoisotopic (exact) mass is 334 g/mol. The number of nitrogens with zero attached hydrogens (tertiary/aromatic N) is 1. The summed E-state index contributed by atoms with van der Waals surface area (Å²) in [4.78, 5) is 26.6. The van der Waals surface area contributed by atoms with E-state index in [-0.39, 0.29) is 17.7 Å². The van der Waals surface area contributed by atoms with E-state index in [0.29, 0.717) is 35.6 Å². The third kappa shape index (κ3) is 4.69. The van der Waals surface area contributed by atoms with E-state index in [9.17, 15) is 9.59 Å². The van der Waals surface area contributed by atoms with Crippen LogP contribution in [-0.2, 0) is 4.79 Å². The highest BCUT2D eigenvalue weighted by atomic mass is 35.5. The number of hydrogen-bond acceptors (Lipinski definition) is 5. The van der Waals surface area contributed by atoms with Gasteiger partial charge in [-0.05, 0) is 37.3 Å². The van der Waals surface area contributed by atoms with E-state index in [1.54, 1.807) is 30.3 Å². The van der Waals surface area contributed by atoms with Crippen LogP contribution in [0.4, 0.5) is 5.69 Å².